The predicted molar refractivity (Wildman–Crippen MR) is 55.5 cm³/mol. The molecule has 0 spiro atoms. The van der Waals surface area contributed by atoms with Gasteiger partial charge in [0.25, 0.3) is 0 Å². The molecule has 0 amide bonds. The maximum Gasteiger partial charge on any atom is 0.00613 e. The molecule has 0 aromatic rings. The quantitative estimate of drug-likeness (QED) is 0.614. The van der Waals surface area contributed by atoms with E-state index in [0.29, 0.717) is 12.1 Å². The first kappa shape index (κ1) is 11.9. The van der Waals surface area contributed by atoms with Gasteiger partial charge in [-0.25, -0.2) is 0 Å². The number of rotatable bonds is 6. The standard InChI is InChI=1S/C10H24N2/c1-9(2)11-8-6-7-10(3)12(4)5/h9-11H,6-8H2,1-5H3. The SMILES string of the molecule is CC(C)NCCCC(C)N(C)C. The second-order valence-corrected chi connectivity index (χ2v) is 4.06. The Morgan fingerprint density at radius 1 is 1.17 bits per heavy atom. The number of hydrogen-bond donors (Lipinski definition) is 1. The van der Waals surface area contributed by atoms with Crippen molar-refractivity contribution in [2.45, 2.75) is 45.7 Å². The van der Waals surface area contributed by atoms with Gasteiger partial charge in [-0.15, -0.1) is 0 Å². The molecule has 0 rings (SSSR count). The minimum Gasteiger partial charge on any atom is -0.315 e. The van der Waals surface area contributed by atoms with Gasteiger partial charge in [-0.3, -0.25) is 0 Å². The number of hydrogen-bond acceptors (Lipinski definition) is 2. The van der Waals surface area contributed by atoms with Crippen LogP contribution in [0, 0.1) is 0 Å². The summed E-state index contributed by atoms with van der Waals surface area (Å²) in [6.07, 6.45) is 2.56. The van der Waals surface area contributed by atoms with Crippen molar-refractivity contribution in [3.63, 3.8) is 0 Å². The molecule has 0 aromatic carbocycles. The summed E-state index contributed by atoms with van der Waals surface area (Å²) in [4.78, 5) is 2.27. The molecule has 0 heterocycles. The summed E-state index contributed by atoms with van der Waals surface area (Å²) in [5.41, 5.74) is 0. The van der Waals surface area contributed by atoms with Crippen LogP contribution in [0.25, 0.3) is 0 Å². The maximum atomic E-state index is 3.42. The average molecular weight is 172 g/mol. The fraction of sp³-hybridized carbons (Fsp3) is 1.00. The molecule has 0 fully saturated rings. The molecule has 0 radical (unpaired) electrons. The van der Waals surface area contributed by atoms with E-state index >= 15 is 0 Å². The number of nitrogens with zero attached hydrogens (tertiary/aromatic N) is 1. The summed E-state index contributed by atoms with van der Waals surface area (Å²) in [5.74, 6) is 0. The normalized spacial score (nSPS) is 14.2. The third kappa shape index (κ3) is 6.62. The van der Waals surface area contributed by atoms with Gasteiger partial charge >= 0.3 is 0 Å². The van der Waals surface area contributed by atoms with Gasteiger partial charge in [0.2, 0.25) is 0 Å². The van der Waals surface area contributed by atoms with Gasteiger partial charge in [0.1, 0.15) is 0 Å². The van der Waals surface area contributed by atoms with Gasteiger partial charge in [-0.2, -0.15) is 0 Å². The Morgan fingerprint density at radius 2 is 1.75 bits per heavy atom. The van der Waals surface area contributed by atoms with E-state index in [2.05, 4.69) is 45.1 Å². The van der Waals surface area contributed by atoms with Crippen molar-refractivity contribution in [1.82, 2.24) is 10.2 Å². The average Bonchev–Trinajstić information content (AvgIpc) is 1.97. The van der Waals surface area contributed by atoms with Crippen LogP contribution < -0.4 is 5.32 Å². The zero-order valence-electron chi connectivity index (χ0n) is 9.22. The van der Waals surface area contributed by atoms with E-state index in [0.717, 1.165) is 6.54 Å². The Balaban J connectivity index is 3.20. The molecule has 0 aliphatic carbocycles. The largest absolute Gasteiger partial charge is 0.315 e. The van der Waals surface area contributed by atoms with Gasteiger partial charge in [0.15, 0.2) is 0 Å². The predicted octanol–water partition coefficient (Wildman–Crippen LogP) is 1.71. The van der Waals surface area contributed by atoms with E-state index < -0.39 is 0 Å². The molecule has 2 nitrogen and oxygen atoms in total. The van der Waals surface area contributed by atoms with Crippen molar-refractivity contribution < 1.29 is 0 Å². The Morgan fingerprint density at radius 3 is 2.17 bits per heavy atom. The summed E-state index contributed by atoms with van der Waals surface area (Å²) >= 11 is 0. The van der Waals surface area contributed by atoms with E-state index in [4.69, 9.17) is 0 Å². The molecule has 0 aromatic heterocycles. The summed E-state index contributed by atoms with van der Waals surface area (Å²) in [6, 6.07) is 1.33. The third-order valence-electron chi connectivity index (χ3n) is 2.23. The van der Waals surface area contributed by atoms with Crippen molar-refractivity contribution >= 4 is 0 Å². The molecule has 0 saturated heterocycles. The minimum absolute atomic E-state index is 0.625. The van der Waals surface area contributed by atoms with Crippen LogP contribution in [0.2, 0.25) is 0 Å². The second kappa shape index (κ2) is 6.44. The molecule has 12 heavy (non-hydrogen) atoms. The monoisotopic (exact) mass is 172 g/mol. The van der Waals surface area contributed by atoms with E-state index in [1.807, 2.05) is 0 Å². The lowest BCUT2D eigenvalue weighted by atomic mass is 10.1. The van der Waals surface area contributed by atoms with Crippen molar-refractivity contribution in [3.8, 4) is 0 Å². The molecular weight excluding hydrogens is 148 g/mol. The van der Waals surface area contributed by atoms with Crippen molar-refractivity contribution in [2.24, 2.45) is 0 Å². The fourth-order valence-corrected chi connectivity index (χ4v) is 1.05. The Hall–Kier alpha value is -0.0800. The fourth-order valence-electron chi connectivity index (χ4n) is 1.05. The first-order valence-electron chi connectivity index (χ1n) is 4.94. The molecular formula is C10H24N2. The summed E-state index contributed by atoms with van der Waals surface area (Å²) < 4.78 is 0. The van der Waals surface area contributed by atoms with Crippen LogP contribution >= 0.6 is 0 Å². The highest BCUT2D eigenvalue weighted by Crippen LogP contribution is 2.00. The molecule has 74 valence electrons. The lowest BCUT2D eigenvalue weighted by Gasteiger charge is -2.19. The van der Waals surface area contributed by atoms with Crippen molar-refractivity contribution in [2.75, 3.05) is 20.6 Å². The van der Waals surface area contributed by atoms with Gasteiger partial charge in [0.05, 0.1) is 0 Å². The zero-order chi connectivity index (χ0) is 9.56. The van der Waals surface area contributed by atoms with Gasteiger partial charge in [0, 0.05) is 12.1 Å². The molecule has 0 saturated carbocycles. The second-order valence-electron chi connectivity index (χ2n) is 4.06. The Kier molecular flexibility index (Phi) is 6.39. The van der Waals surface area contributed by atoms with Gasteiger partial charge in [-0.1, -0.05) is 13.8 Å². The maximum absolute atomic E-state index is 3.42. The summed E-state index contributed by atoms with van der Waals surface area (Å²) in [7, 11) is 4.28. The van der Waals surface area contributed by atoms with Crippen molar-refractivity contribution in [3.05, 3.63) is 0 Å². The Labute approximate surface area is 77.3 Å². The van der Waals surface area contributed by atoms with Crippen LogP contribution in [0.3, 0.4) is 0 Å². The lowest BCUT2D eigenvalue weighted by molar-refractivity contribution is 0.292. The molecule has 0 bridgehead atoms. The summed E-state index contributed by atoms with van der Waals surface area (Å²) in [5, 5.41) is 3.42. The Bertz CT molecular complexity index is 100. The highest BCUT2D eigenvalue weighted by atomic mass is 15.1. The van der Waals surface area contributed by atoms with Crippen LogP contribution in [0.4, 0.5) is 0 Å². The first-order chi connectivity index (χ1) is 5.54. The van der Waals surface area contributed by atoms with E-state index in [9.17, 15) is 0 Å². The van der Waals surface area contributed by atoms with E-state index in [1.165, 1.54) is 12.8 Å². The molecule has 2 heteroatoms. The topological polar surface area (TPSA) is 15.3 Å². The van der Waals surface area contributed by atoms with Crippen LogP contribution in [0.1, 0.15) is 33.6 Å². The highest BCUT2D eigenvalue weighted by molar-refractivity contribution is 4.61. The first-order valence-corrected chi connectivity index (χ1v) is 4.94. The van der Waals surface area contributed by atoms with Crippen LogP contribution in [-0.4, -0.2) is 37.6 Å². The minimum atomic E-state index is 0.625. The highest BCUT2D eigenvalue weighted by Gasteiger charge is 2.02. The van der Waals surface area contributed by atoms with Crippen LogP contribution in [0.5, 0.6) is 0 Å². The molecule has 1 unspecified atom stereocenters. The van der Waals surface area contributed by atoms with E-state index in [-0.39, 0.29) is 0 Å². The molecule has 1 N–H and O–H groups in total. The van der Waals surface area contributed by atoms with E-state index in [1.54, 1.807) is 0 Å². The zero-order valence-corrected chi connectivity index (χ0v) is 9.22. The summed E-state index contributed by atoms with van der Waals surface area (Å²) in [6.45, 7) is 7.80. The lowest BCUT2D eigenvalue weighted by Crippen LogP contribution is -2.28. The van der Waals surface area contributed by atoms with Gasteiger partial charge in [-0.05, 0) is 40.4 Å². The smallest absolute Gasteiger partial charge is 0.00613 e. The molecule has 0 aliphatic heterocycles. The molecule has 0 aliphatic rings. The van der Waals surface area contributed by atoms with Crippen LogP contribution in [-0.2, 0) is 0 Å². The van der Waals surface area contributed by atoms with Gasteiger partial charge < -0.3 is 10.2 Å². The third-order valence-corrected chi connectivity index (χ3v) is 2.23. The molecule has 1 atom stereocenters. The van der Waals surface area contributed by atoms with Crippen LogP contribution in [0.15, 0.2) is 0 Å². The van der Waals surface area contributed by atoms with Crippen molar-refractivity contribution in [1.29, 1.82) is 0 Å². The number of nitrogens with one attached hydrogen (secondary N) is 1.